The van der Waals surface area contributed by atoms with E-state index in [0.717, 1.165) is 0 Å². The molecule has 0 atom stereocenters. The number of rotatable bonds is 2. The highest BCUT2D eigenvalue weighted by atomic mass is 19.1. The van der Waals surface area contributed by atoms with Crippen molar-refractivity contribution in [1.29, 1.82) is 0 Å². The molecule has 0 heterocycles. The Balaban J connectivity index is 3.01. The molecule has 0 aromatic heterocycles. The van der Waals surface area contributed by atoms with Crippen LogP contribution in [0.5, 0.6) is 11.5 Å². The van der Waals surface area contributed by atoms with Gasteiger partial charge in [-0.05, 0) is 12.1 Å². The van der Waals surface area contributed by atoms with Crippen LogP contribution in [0.1, 0.15) is 0 Å². The maximum absolute atomic E-state index is 13.2. The standard InChI is InChI=1S/C8H8FNO3/c1-12-5-3-2-4-6(7(5)9)13-8(10)11/h2-4H,1H3,(H2,10,11). The van der Waals surface area contributed by atoms with Gasteiger partial charge in [-0.1, -0.05) is 6.07 Å². The van der Waals surface area contributed by atoms with Gasteiger partial charge in [0.2, 0.25) is 5.82 Å². The van der Waals surface area contributed by atoms with Crippen molar-refractivity contribution in [3.8, 4) is 11.5 Å². The Bertz CT molecular complexity index is 327. The summed E-state index contributed by atoms with van der Waals surface area (Å²) in [5.74, 6) is -0.991. The minimum Gasteiger partial charge on any atom is -0.494 e. The van der Waals surface area contributed by atoms with Gasteiger partial charge < -0.3 is 15.2 Å². The van der Waals surface area contributed by atoms with Crippen molar-refractivity contribution in [2.45, 2.75) is 0 Å². The zero-order chi connectivity index (χ0) is 9.84. The zero-order valence-electron chi connectivity index (χ0n) is 6.91. The summed E-state index contributed by atoms with van der Waals surface area (Å²) in [5, 5.41) is 0. The van der Waals surface area contributed by atoms with Crippen molar-refractivity contribution >= 4 is 6.09 Å². The smallest absolute Gasteiger partial charge is 0.410 e. The monoisotopic (exact) mass is 185 g/mol. The maximum atomic E-state index is 13.2. The molecule has 1 rings (SSSR count). The van der Waals surface area contributed by atoms with E-state index in [1.165, 1.54) is 25.3 Å². The molecule has 0 saturated carbocycles. The van der Waals surface area contributed by atoms with Crippen LogP contribution in [0.15, 0.2) is 18.2 Å². The first kappa shape index (κ1) is 9.31. The first-order valence-electron chi connectivity index (χ1n) is 3.45. The first-order chi connectivity index (χ1) is 6.15. The van der Waals surface area contributed by atoms with E-state index < -0.39 is 11.9 Å². The number of amides is 1. The summed E-state index contributed by atoms with van der Waals surface area (Å²) in [7, 11) is 1.31. The third-order valence-corrected chi connectivity index (χ3v) is 1.36. The lowest BCUT2D eigenvalue weighted by Gasteiger charge is -2.05. The van der Waals surface area contributed by atoms with Crippen molar-refractivity contribution in [1.82, 2.24) is 0 Å². The number of carbonyl (C=O) groups is 1. The quantitative estimate of drug-likeness (QED) is 0.755. The number of primary amides is 1. The second kappa shape index (κ2) is 3.75. The molecule has 13 heavy (non-hydrogen) atoms. The van der Waals surface area contributed by atoms with Crippen LogP contribution in [0.3, 0.4) is 0 Å². The number of carbonyl (C=O) groups excluding carboxylic acids is 1. The molecule has 0 aliphatic rings. The average Bonchev–Trinajstić information content (AvgIpc) is 2.08. The van der Waals surface area contributed by atoms with Crippen LogP contribution in [0.4, 0.5) is 9.18 Å². The number of benzene rings is 1. The lowest BCUT2D eigenvalue weighted by molar-refractivity contribution is 0.208. The number of methoxy groups -OCH3 is 1. The summed E-state index contributed by atoms with van der Waals surface area (Å²) < 4.78 is 22.2. The van der Waals surface area contributed by atoms with Gasteiger partial charge in [-0.15, -0.1) is 0 Å². The fourth-order valence-corrected chi connectivity index (χ4v) is 0.836. The Labute approximate surface area is 74.1 Å². The second-order valence-electron chi connectivity index (χ2n) is 2.19. The Morgan fingerprint density at radius 1 is 1.46 bits per heavy atom. The van der Waals surface area contributed by atoms with Crippen LogP contribution in [0, 0.1) is 5.82 Å². The molecule has 0 bridgehead atoms. The lowest BCUT2D eigenvalue weighted by atomic mass is 10.3. The minimum atomic E-state index is -1.06. The van der Waals surface area contributed by atoms with E-state index in [9.17, 15) is 9.18 Å². The van der Waals surface area contributed by atoms with Crippen LogP contribution in [0.2, 0.25) is 0 Å². The van der Waals surface area contributed by atoms with Crippen LogP contribution >= 0.6 is 0 Å². The SMILES string of the molecule is COc1cccc(OC(N)=O)c1F. The van der Waals surface area contributed by atoms with Crippen LogP contribution in [0.25, 0.3) is 0 Å². The van der Waals surface area contributed by atoms with Crippen molar-refractivity contribution < 1.29 is 18.7 Å². The number of nitrogens with two attached hydrogens (primary N) is 1. The van der Waals surface area contributed by atoms with Crippen LogP contribution in [-0.2, 0) is 0 Å². The third-order valence-electron chi connectivity index (χ3n) is 1.36. The predicted octanol–water partition coefficient (Wildman–Crippen LogP) is 1.29. The first-order valence-corrected chi connectivity index (χ1v) is 3.45. The molecule has 5 heteroatoms. The zero-order valence-corrected chi connectivity index (χ0v) is 6.91. The fourth-order valence-electron chi connectivity index (χ4n) is 0.836. The van der Waals surface area contributed by atoms with E-state index in [2.05, 4.69) is 9.47 Å². The third kappa shape index (κ3) is 2.08. The van der Waals surface area contributed by atoms with E-state index >= 15 is 0 Å². The molecule has 0 aliphatic carbocycles. The van der Waals surface area contributed by atoms with E-state index in [4.69, 9.17) is 5.73 Å². The Hall–Kier alpha value is -1.78. The topological polar surface area (TPSA) is 61.6 Å². The summed E-state index contributed by atoms with van der Waals surface area (Å²) >= 11 is 0. The van der Waals surface area contributed by atoms with Gasteiger partial charge in [0.25, 0.3) is 0 Å². The number of ether oxygens (including phenoxy) is 2. The summed E-state index contributed by atoms with van der Waals surface area (Å²) in [4.78, 5) is 10.3. The van der Waals surface area contributed by atoms with Crippen molar-refractivity contribution in [3.63, 3.8) is 0 Å². The summed E-state index contributed by atoms with van der Waals surface area (Å²) in [5.41, 5.74) is 4.72. The van der Waals surface area contributed by atoms with E-state index in [1.54, 1.807) is 0 Å². The highest BCUT2D eigenvalue weighted by molar-refractivity contribution is 5.68. The van der Waals surface area contributed by atoms with Gasteiger partial charge in [0.1, 0.15) is 0 Å². The normalized spacial score (nSPS) is 9.38. The Morgan fingerprint density at radius 3 is 2.62 bits per heavy atom. The molecular formula is C8H8FNO3. The molecule has 0 aliphatic heterocycles. The van der Waals surface area contributed by atoms with E-state index in [-0.39, 0.29) is 11.5 Å². The molecule has 2 N–H and O–H groups in total. The van der Waals surface area contributed by atoms with Gasteiger partial charge in [0.05, 0.1) is 7.11 Å². The molecule has 4 nitrogen and oxygen atoms in total. The molecule has 0 spiro atoms. The van der Waals surface area contributed by atoms with Crippen LogP contribution < -0.4 is 15.2 Å². The van der Waals surface area contributed by atoms with Gasteiger partial charge in [0, 0.05) is 0 Å². The molecule has 1 aromatic carbocycles. The molecule has 1 aromatic rings. The molecule has 0 radical (unpaired) electrons. The van der Waals surface area contributed by atoms with E-state index in [0.29, 0.717) is 0 Å². The van der Waals surface area contributed by atoms with Crippen LogP contribution in [-0.4, -0.2) is 13.2 Å². The van der Waals surface area contributed by atoms with Crippen molar-refractivity contribution in [3.05, 3.63) is 24.0 Å². The summed E-state index contributed by atoms with van der Waals surface area (Å²) in [6, 6.07) is 4.17. The highest BCUT2D eigenvalue weighted by Crippen LogP contribution is 2.25. The molecule has 0 unspecified atom stereocenters. The Morgan fingerprint density at radius 2 is 2.08 bits per heavy atom. The molecular weight excluding hydrogens is 177 g/mol. The predicted molar refractivity (Wildman–Crippen MR) is 43.2 cm³/mol. The second-order valence-corrected chi connectivity index (χ2v) is 2.19. The van der Waals surface area contributed by atoms with Gasteiger partial charge in [-0.2, -0.15) is 4.39 Å². The summed E-state index contributed by atoms with van der Waals surface area (Å²) in [6.07, 6.45) is -1.06. The van der Waals surface area contributed by atoms with Gasteiger partial charge >= 0.3 is 6.09 Å². The van der Waals surface area contributed by atoms with Gasteiger partial charge in [-0.3, -0.25) is 0 Å². The van der Waals surface area contributed by atoms with Crippen molar-refractivity contribution in [2.75, 3.05) is 7.11 Å². The molecule has 0 saturated heterocycles. The lowest BCUT2D eigenvalue weighted by Crippen LogP contribution is -2.17. The average molecular weight is 185 g/mol. The molecule has 70 valence electrons. The molecule has 0 fully saturated rings. The van der Waals surface area contributed by atoms with Gasteiger partial charge in [-0.25, -0.2) is 4.79 Å². The largest absolute Gasteiger partial charge is 0.494 e. The van der Waals surface area contributed by atoms with Gasteiger partial charge in [0.15, 0.2) is 11.5 Å². The maximum Gasteiger partial charge on any atom is 0.410 e. The molecule has 1 amide bonds. The number of hydrogen-bond acceptors (Lipinski definition) is 3. The van der Waals surface area contributed by atoms with E-state index in [1.807, 2.05) is 0 Å². The number of hydrogen-bond donors (Lipinski definition) is 1. The Kier molecular flexibility index (Phi) is 2.69. The number of halogens is 1. The fraction of sp³-hybridized carbons (Fsp3) is 0.125. The highest BCUT2D eigenvalue weighted by Gasteiger charge is 2.10. The van der Waals surface area contributed by atoms with Crippen molar-refractivity contribution in [2.24, 2.45) is 5.73 Å². The minimum absolute atomic E-state index is 0.00116. The summed E-state index contributed by atoms with van der Waals surface area (Å²) in [6.45, 7) is 0.